The summed E-state index contributed by atoms with van der Waals surface area (Å²) in [4.78, 5) is 8.92. The number of nitrogens with zero attached hydrogens (tertiary/aromatic N) is 2. The fourth-order valence-electron chi connectivity index (χ4n) is 1.87. The zero-order chi connectivity index (χ0) is 14.6. The van der Waals surface area contributed by atoms with E-state index < -0.39 is 0 Å². The van der Waals surface area contributed by atoms with Gasteiger partial charge in [0.2, 0.25) is 5.95 Å². The van der Waals surface area contributed by atoms with Gasteiger partial charge in [0, 0.05) is 23.8 Å². The van der Waals surface area contributed by atoms with Crippen LogP contribution >= 0.6 is 0 Å². The van der Waals surface area contributed by atoms with Gasteiger partial charge in [-0.1, -0.05) is 30.3 Å². The Morgan fingerprint density at radius 2 is 1.75 bits per heavy atom. The van der Waals surface area contributed by atoms with Gasteiger partial charge in [0.1, 0.15) is 5.82 Å². The molecule has 0 aliphatic carbocycles. The van der Waals surface area contributed by atoms with E-state index in [0.717, 1.165) is 18.1 Å². The molecule has 20 heavy (non-hydrogen) atoms. The first-order chi connectivity index (χ1) is 9.42. The van der Waals surface area contributed by atoms with Gasteiger partial charge in [0.05, 0.1) is 0 Å². The van der Waals surface area contributed by atoms with Crippen molar-refractivity contribution in [1.82, 2.24) is 9.97 Å². The summed E-state index contributed by atoms with van der Waals surface area (Å²) in [5, 5.41) is 6.64. The van der Waals surface area contributed by atoms with E-state index in [0.29, 0.717) is 5.95 Å². The van der Waals surface area contributed by atoms with Crippen LogP contribution in [0.15, 0.2) is 36.4 Å². The lowest BCUT2D eigenvalue weighted by Crippen LogP contribution is -2.27. The Hall–Kier alpha value is -2.10. The number of hydrogen-bond donors (Lipinski definition) is 2. The monoisotopic (exact) mass is 270 g/mol. The van der Waals surface area contributed by atoms with Gasteiger partial charge >= 0.3 is 0 Å². The third kappa shape index (κ3) is 4.53. The van der Waals surface area contributed by atoms with Crippen LogP contribution in [0.5, 0.6) is 0 Å². The van der Waals surface area contributed by atoms with E-state index >= 15 is 0 Å². The van der Waals surface area contributed by atoms with Gasteiger partial charge in [-0.05, 0) is 33.3 Å². The predicted molar refractivity (Wildman–Crippen MR) is 83.9 cm³/mol. The number of hydrogen-bond acceptors (Lipinski definition) is 4. The molecule has 0 aliphatic heterocycles. The number of benzene rings is 1. The molecule has 1 aromatic heterocycles. The van der Waals surface area contributed by atoms with E-state index in [2.05, 4.69) is 53.5 Å². The molecule has 1 aromatic carbocycles. The van der Waals surface area contributed by atoms with Crippen molar-refractivity contribution in [3.05, 3.63) is 47.7 Å². The second kappa shape index (κ2) is 5.90. The standard InChI is InChI=1S/C16H22N4/c1-12-10-14(20-16(2,3)4)19-15(18-12)17-11-13-8-6-5-7-9-13/h5-10H,11H2,1-4H3,(H2,17,18,19,20). The first kappa shape index (κ1) is 14.3. The summed E-state index contributed by atoms with van der Waals surface area (Å²) in [6.45, 7) is 9.03. The predicted octanol–water partition coefficient (Wildman–Crippen LogP) is 3.61. The molecule has 0 bridgehead atoms. The van der Waals surface area contributed by atoms with Crippen LogP contribution in [0.4, 0.5) is 11.8 Å². The number of aryl methyl sites for hydroxylation is 1. The molecule has 0 spiro atoms. The first-order valence-corrected chi connectivity index (χ1v) is 6.84. The largest absolute Gasteiger partial charge is 0.365 e. The Labute approximate surface area is 120 Å². The van der Waals surface area contributed by atoms with Crippen LogP contribution in [0, 0.1) is 6.92 Å². The molecule has 4 heteroatoms. The molecule has 4 nitrogen and oxygen atoms in total. The molecule has 0 fully saturated rings. The molecule has 106 valence electrons. The Bertz CT molecular complexity index is 558. The van der Waals surface area contributed by atoms with Crippen LogP contribution in [0.2, 0.25) is 0 Å². The van der Waals surface area contributed by atoms with Crippen LogP contribution < -0.4 is 10.6 Å². The molecule has 0 unspecified atom stereocenters. The topological polar surface area (TPSA) is 49.8 Å². The third-order valence-electron chi connectivity index (χ3n) is 2.65. The normalized spacial score (nSPS) is 11.2. The van der Waals surface area contributed by atoms with Crippen molar-refractivity contribution in [2.24, 2.45) is 0 Å². The number of anilines is 2. The van der Waals surface area contributed by atoms with Crippen LogP contribution in [0.3, 0.4) is 0 Å². The van der Waals surface area contributed by atoms with Gasteiger partial charge in [-0.2, -0.15) is 4.98 Å². The smallest absolute Gasteiger partial charge is 0.225 e. The van der Waals surface area contributed by atoms with E-state index in [1.54, 1.807) is 0 Å². The summed E-state index contributed by atoms with van der Waals surface area (Å²) in [5.74, 6) is 1.50. The Morgan fingerprint density at radius 1 is 1.05 bits per heavy atom. The molecule has 2 rings (SSSR count). The molecule has 2 aromatic rings. The van der Waals surface area contributed by atoms with Crippen molar-refractivity contribution in [3.8, 4) is 0 Å². The fraction of sp³-hybridized carbons (Fsp3) is 0.375. The van der Waals surface area contributed by atoms with Crippen molar-refractivity contribution >= 4 is 11.8 Å². The molecular formula is C16H22N4. The van der Waals surface area contributed by atoms with Crippen LogP contribution in [0.1, 0.15) is 32.0 Å². The van der Waals surface area contributed by atoms with Crippen molar-refractivity contribution < 1.29 is 0 Å². The molecule has 0 radical (unpaired) electrons. The van der Waals surface area contributed by atoms with Gasteiger partial charge in [0.15, 0.2) is 0 Å². The minimum atomic E-state index is -0.0164. The van der Waals surface area contributed by atoms with Gasteiger partial charge < -0.3 is 10.6 Å². The zero-order valence-electron chi connectivity index (χ0n) is 12.6. The highest BCUT2D eigenvalue weighted by atomic mass is 15.2. The minimum absolute atomic E-state index is 0.0164. The second-order valence-corrected chi connectivity index (χ2v) is 5.93. The molecule has 2 N–H and O–H groups in total. The highest BCUT2D eigenvalue weighted by Crippen LogP contribution is 2.15. The Morgan fingerprint density at radius 3 is 2.40 bits per heavy atom. The Kier molecular flexibility index (Phi) is 4.23. The summed E-state index contributed by atoms with van der Waals surface area (Å²) >= 11 is 0. The van der Waals surface area contributed by atoms with Crippen molar-refractivity contribution in [2.45, 2.75) is 39.8 Å². The van der Waals surface area contributed by atoms with Gasteiger partial charge in [-0.15, -0.1) is 0 Å². The summed E-state index contributed by atoms with van der Waals surface area (Å²) in [6, 6.07) is 12.2. The van der Waals surface area contributed by atoms with E-state index in [1.807, 2.05) is 31.2 Å². The number of rotatable bonds is 4. The van der Waals surface area contributed by atoms with Crippen molar-refractivity contribution in [2.75, 3.05) is 10.6 Å². The SMILES string of the molecule is Cc1cc(NC(C)(C)C)nc(NCc2ccccc2)n1. The highest BCUT2D eigenvalue weighted by Gasteiger charge is 2.11. The maximum Gasteiger partial charge on any atom is 0.225 e. The average Bonchev–Trinajstić information content (AvgIpc) is 2.35. The molecule has 0 saturated heterocycles. The minimum Gasteiger partial charge on any atom is -0.365 e. The third-order valence-corrected chi connectivity index (χ3v) is 2.65. The maximum absolute atomic E-state index is 4.50. The quantitative estimate of drug-likeness (QED) is 0.891. The fourth-order valence-corrected chi connectivity index (χ4v) is 1.87. The van der Waals surface area contributed by atoms with Crippen LogP contribution in [0.25, 0.3) is 0 Å². The molecule has 0 aliphatic rings. The lowest BCUT2D eigenvalue weighted by Gasteiger charge is -2.21. The van der Waals surface area contributed by atoms with E-state index in [-0.39, 0.29) is 5.54 Å². The van der Waals surface area contributed by atoms with Crippen molar-refractivity contribution in [3.63, 3.8) is 0 Å². The van der Waals surface area contributed by atoms with Crippen LogP contribution in [-0.4, -0.2) is 15.5 Å². The summed E-state index contributed by atoms with van der Waals surface area (Å²) in [7, 11) is 0. The molecule has 0 saturated carbocycles. The maximum atomic E-state index is 4.50. The van der Waals surface area contributed by atoms with Gasteiger partial charge in [0.25, 0.3) is 0 Å². The lowest BCUT2D eigenvalue weighted by atomic mass is 10.1. The highest BCUT2D eigenvalue weighted by molar-refractivity contribution is 5.44. The van der Waals surface area contributed by atoms with Crippen molar-refractivity contribution in [1.29, 1.82) is 0 Å². The van der Waals surface area contributed by atoms with E-state index in [4.69, 9.17) is 0 Å². The summed E-state index contributed by atoms with van der Waals surface area (Å²) in [6.07, 6.45) is 0. The lowest BCUT2D eigenvalue weighted by molar-refractivity contribution is 0.630. The number of aromatic nitrogens is 2. The summed E-state index contributed by atoms with van der Waals surface area (Å²) in [5.41, 5.74) is 2.14. The van der Waals surface area contributed by atoms with E-state index in [9.17, 15) is 0 Å². The second-order valence-electron chi connectivity index (χ2n) is 5.93. The molecule has 0 amide bonds. The number of nitrogens with one attached hydrogen (secondary N) is 2. The van der Waals surface area contributed by atoms with Gasteiger partial charge in [-0.25, -0.2) is 4.98 Å². The van der Waals surface area contributed by atoms with E-state index in [1.165, 1.54) is 5.56 Å². The molecule has 1 heterocycles. The molecular weight excluding hydrogens is 248 g/mol. The molecule has 0 atom stereocenters. The first-order valence-electron chi connectivity index (χ1n) is 6.84. The van der Waals surface area contributed by atoms with Gasteiger partial charge in [-0.3, -0.25) is 0 Å². The summed E-state index contributed by atoms with van der Waals surface area (Å²) < 4.78 is 0. The Balaban J connectivity index is 2.08. The van der Waals surface area contributed by atoms with Crippen LogP contribution in [-0.2, 0) is 6.54 Å². The average molecular weight is 270 g/mol. The zero-order valence-corrected chi connectivity index (χ0v) is 12.6.